The first-order chi connectivity index (χ1) is 6.70. The van der Waals surface area contributed by atoms with E-state index < -0.39 is 12.0 Å². The lowest BCUT2D eigenvalue weighted by Crippen LogP contribution is -2.48. The molecule has 1 rings (SSSR count). The minimum absolute atomic E-state index is 0.162. The van der Waals surface area contributed by atoms with Gasteiger partial charge in [0.25, 0.3) is 0 Å². The Hall–Kier alpha value is -0.650. The summed E-state index contributed by atoms with van der Waals surface area (Å²) in [5.41, 5.74) is 5.45. The molecule has 1 saturated carbocycles. The van der Waals surface area contributed by atoms with Gasteiger partial charge in [-0.1, -0.05) is 0 Å². The van der Waals surface area contributed by atoms with Gasteiger partial charge in [-0.3, -0.25) is 9.69 Å². The van der Waals surface area contributed by atoms with Crippen LogP contribution in [-0.4, -0.2) is 54.9 Å². The molecule has 0 saturated heterocycles. The number of nitrogens with zero attached hydrogens (tertiary/aromatic N) is 1. The lowest BCUT2D eigenvalue weighted by molar-refractivity contribution is -0.143. The minimum atomic E-state index is -0.837. The maximum atomic E-state index is 10.9. The Kier molecular flexibility index (Phi) is 4.31. The highest BCUT2D eigenvalue weighted by molar-refractivity contribution is 5.73. The molecule has 82 valence electrons. The molecule has 1 aliphatic carbocycles. The van der Waals surface area contributed by atoms with Crippen LogP contribution in [0.5, 0.6) is 0 Å². The van der Waals surface area contributed by atoms with Gasteiger partial charge in [0.15, 0.2) is 0 Å². The molecule has 0 heterocycles. The van der Waals surface area contributed by atoms with Crippen LogP contribution in [-0.2, 0) is 9.53 Å². The topological polar surface area (TPSA) is 75.8 Å². The molecule has 14 heavy (non-hydrogen) atoms. The Morgan fingerprint density at radius 2 is 2.36 bits per heavy atom. The predicted molar refractivity (Wildman–Crippen MR) is 52.1 cm³/mol. The molecule has 0 bridgehead atoms. The number of carboxylic acid groups (broad SMARTS) is 1. The van der Waals surface area contributed by atoms with Crippen molar-refractivity contribution in [3.63, 3.8) is 0 Å². The first kappa shape index (κ1) is 11.4. The van der Waals surface area contributed by atoms with Crippen molar-refractivity contribution in [1.29, 1.82) is 0 Å². The molecule has 1 atom stereocenters. The molecule has 0 spiro atoms. The maximum Gasteiger partial charge on any atom is 0.322 e. The van der Waals surface area contributed by atoms with E-state index in [1.54, 1.807) is 7.11 Å². The smallest absolute Gasteiger partial charge is 0.322 e. The summed E-state index contributed by atoms with van der Waals surface area (Å²) in [6.45, 7) is 1.37. The molecule has 1 aliphatic rings. The summed E-state index contributed by atoms with van der Waals surface area (Å²) in [5, 5.41) is 8.96. The summed E-state index contributed by atoms with van der Waals surface area (Å²) in [6, 6.07) is -0.160. The van der Waals surface area contributed by atoms with Crippen LogP contribution >= 0.6 is 0 Å². The van der Waals surface area contributed by atoms with Crippen molar-refractivity contribution < 1.29 is 14.6 Å². The van der Waals surface area contributed by atoms with E-state index in [0.717, 1.165) is 12.8 Å². The molecule has 1 fully saturated rings. The number of nitrogens with two attached hydrogens (primary N) is 1. The van der Waals surface area contributed by atoms with E-state index in [4.69, 9.17) is 15.6 Å². The number of ether oxygens (including phenoxy) is 1. The van der Waals surface area contributed by atoms with Gasteiger partial charge < -0.3 is 15.6 Å². The van der Waals surface area contributed by atoms with E-state index in [1.807, 2.05) is 4.90 Å². The summed E-state index contributed by atoms with van der Waals surface area (Å²) in [5.74, 6) is -0.837. The van der Waals surface area contributed by atoms with Crippen LogP contribution in [0.3, 0.4) is 0 Å². The standard InChI is InChI=1S/C9H18N2O3/c1-14-5-4-11(7-2-3-7)8(6-10)9(12)13/h7-8H,2-6,10H2,1H3,(H,12,13). The second-order valence-corrected chi connectivity index (χ2v) is 3.55. The van der Waals surface area contributed by atoms with Crippen molar-refractivity contribution in [2.75, 3.05) is 26.8 Å². The second-order valence-electron chi connectivity index (χ2n) is 3.55. The second kappa shape index (κ2) is 5.29. The first-order valence-electron chi connectivity index (χ1n) is 4.88. The number of carbonyl (C=O) groups is 1. The van der Waals surface area contributed by atoms with Crippen molar-refractivity contribution >= 4 is 5.97 Å². The highest BCUT2D eigenvalue weighted by atomic mass is 16.5. The van der Waals surface area contributed by atoms with Gasteiger partial charge in [-0.15, -0.1) is 0 Å². The van der Waals surface area contributed by atoms with Crippen LogP contribution in [0.4, 0.5) is 0 Å². The van der Waals surface area contributed by atoms with Crippen LogP contribution in [0.1, 0.15) is 12.8 Å². The Morgan fingerprint density at radius 3 is 2.71 bits per heavy atom. The Morgan fingerprint density at radius 1 is 1.71 bits per heavy atom. The van der Waals surface area contributed by atoms with Crippen molar-refractivity contribution in [1.82, 2.24) is 4.90 Å². The van der Waals surface area contributed by atoms with Gasteiger partial charge >= 0.3 is 5.97 Å². The van der Waals surface area contributed by atoms with E-state index in [0.29, 0.717) is 19.2 Å². The summed E-state index contributed by atoms with van der Waals surface area (Å²) >= 11 is 0. The van der Waals surface area contributed by atoms with Crippen LogP contribution in [0.25, 0.3) is 0 Å². The normalized spacial score (nSPS) is 18.5. The van der Waals surface area contributed by atoms with E-state index in [1.165, 1.54) is 0 Å². The highest BCUT2D eigenvalue weighted by Crippen LogP contribution is 2.28. The third-order valence-corrected chi connectivity index (χ3v) is 2.48. The fourth-order valence-corrected chi connectivity index (χ4v) is 1.57. The van der Waals surface area contributed by atoms with E-state index >= 15 is 0 Å². The van der Waals surface area contributed by atoms with Crippen LogP contribution in [0, 0.1) is 0 Å². The fourth-order valence-electron chi connectivity index (χ4n) is 1.57. The van der Waals surface area contributed by atoms with Gasteiger partial charge in [0, 0.05) is 26.2 Å². The number of rotatable bonds is 7. The van der Waals surface area contributed by atoms with E-state index in [-0.39, 0.29) is 6.54 Å². The molecule has 0 amide bonds. The molecule has 0 aliphatic heterocycles. The average molecular weight is 202 g/mol. The third-order valence-electron chi connectivity index (χ3n) is 2.48. The molecular weight excluding hydrogens is 184 g/mol. The molecule has 5 nitrogen and oxygen atoms in total. The predicted octanol–water partition coefficient (Wildman–Crippen LogP) is -0.491. The minimum Gasteiger partial charge on any atom is -0.480 e. The fraction of sp³-hybridized carbons (Fsp3) is 0.889. The molecule has 1 unspecified atom stereocenters. The maximum absolute atomic E-state index is 10.9. The quantitative estimate of drug-likeness (QED) is 0.582. The van der Waals surface area contributed by atoms with Gasteiger partial charge in [0.2, 0.25) is 0 Å². The number of methoxy groups -OCH3 is 1. The summed E-state index contributed by atoms with van der Waals surface area (Å²) in [4.78, 5) is 12.8. The molecular formula is C9H18N2O3. The van der Waals surface area contributed by atoms with Gasteiger partial charge in [-0.05, 0) is 12.8 Å². The van der Waals surface area contributed by atoms with Crippen molar-refractivity contribution in [3.05, 3.63) is 0 Å². The van der Waals surface area contributed by atoms with E-state index in [9.17, 15) is 4.79 Å². The van der Waals surface area contributed by atoms with Crippen LogP contribution < -0.4 is 5.73 Å². The zero-order valence-corrected chi connectivity index (χ0v) is 8.48. The van der Waals surface area contributed by atoms with Gasteiger partial charge in [-0.25, -0.2) is 0 Å². The number of aliphatic carboxylic acids is 1. The molecule has 0 aromatic carbocycles. The van der Waals surface area contributed by atoms with Crippen LogP contribution in [0.2, 0.25) is 0 Å². The lowest BCUT2D eigenvalue weighted by atomic mass is 10.2. The monoisotopic (exact) mass is 202 g/mol. The molecule has 3 N–H and O–H groups in total. The Balaban J connectivity index is 2.50. The van der Waals surface area contributed by atoms with Crippen LogP contribution in [0.15, 0.2) is 0 Å². The molecule has 5 heteroatoms. The van der Waals surface area contributed by atoms with Gasteiger partial charge in [-0.2, -0.15) is 0 Å². The van der Waals surface area contributed by atoms with Crippen molar-refractivity contribution in [2.45, 2.75) is 24.9 Å². The SMILES string of the molecule is COCCN(C1CC1)C(CN)C(=O)O. The van der Waals surface area contributed by atoms with Gasteiger partial charge in [0.05, 0.1) is 6.61 Å². The Labute approximate surface area is 83.8 Å². The zero-order chi connectivity index (χ0) is 10.6. The molecule has 0 radical (unpaired) electrons. The largest absolute Gasteiger partial charge is 0.480 e. The average Bonchev–Trinajstić information content (AvgIpc) is 2.94. The highest BCUT2D eigenvalue weighted by Gasteiger charge is 2.36. The number of hydrogen-bond acceptors (Lipinski definition) is 4. The number of carboxylic acids is 1. The summed E-state index contributed by atoms with van der Waals surface area (Å²) in [7, 11) is 1.61. The van der Waals surface area contributed by atoms with Gasteiger partial charge in [0.1, 0.15) is 6.04 Å². The summed E-state index contributed by atoms with van der Waals surface area (Å²) < 4.78 is 4.95. The Bertz CT molecular complexity index is 194. The summed E-state index contributed by atoms with van der Waals surface area (Å²) in [6.07, 6.45) is 2.15. The van der Waals surface area contributed by atoms with Crippen molar-refractivity contribution in [2.24, 2.45) is 5.73 Å². The van der Waals surface area contributed by atoms with E-state index in [2.05, 4.69) is 0 Å². The first-order valence-corrected chi connectivity index (χ1v) is 4.88. The molecule has 0 aromatic heterocycles. The molecule has 0 aromatic rings. The van der Waals surface area contributed by atoms with Crippen molar-refractivity contribution in [3.8, 4) is 0 Å². The lowest BCUT2D eigenvalue weighted by Gasteiger charge is -2.27. The zero-order valence-electron chi connectivity index (χ0n) is 8.48. The third kappa shape index (κ3) is 2.94. The number of hydrogen-bond donors (Lipinski definition) is 2.